The summed E-state index contributed by atoms with van der Waals surface area (Å²) in [5.74, 6) is -2.91. The van der Waals surface area contributed by atoms with E-state index in [-0.39, 0.29) is 37.4 Å². The van der Waals surface area contributed by atoms with E-state index in [0.717, 1.165) is 6.07 Å². The Kier molecular flexibility index (Phi) is 3.90. The summed E-state index contributed by atoms with van der Waals surface area (Å²) in [5.41, 5.74) is 8.80. The van der Waals surface area contributed by atoms with E-state index in [9.17, 15) is 13.2 Å². The van der Waals surface area contributed by atoms with Gasteiger partial charge >= 0.3 is 0 Å². The summed E-state index contributed by atoms with van der Waals surface area (Å²) in [4.78, 5) is 1.84. The van der Waals surface area contributed by atoms with Gasteiger partial charge in [0.05, 0.1) is 18.1 Å². The first-order chi connectivity index (χ1) is 12.4. The van der Waals surface area contributed by atoms with E-state index < -0.39 is 11.7 Å². The highest BCUT2D eigenvalue weighted by molar-refractivity contribution is 5.66. The van der Waals surface area contributed by atoms with Gasteiger partial charge in [-0.3, -0.25) is 0 Å². The van der Waals surface area contributed by atoms with Gasteiger partial charge in [-0.25, -0.2) is 17.7 Å². The van der Waals surface area contributed by atoms with Crippen molar-refractivity contribution in [2.24, 2.45) is 0 Å². The SMILES string of the molecule is [NH-]c1ccc(Oc2cc(N3CCC(F)(F)CC3)cn3nccc23)c(F)c1. The highest BCUT2D eigenvalue weighted by atomic mass is 19.3. The number of nitrogens with zero attached hydrogens (tertiary/aromatic N) is 3. The van der Waals surface area contributed by atoms with Crippen molar-refractivity contribution in [1.82, 2.24) is 9.61 Å². The van der Waals surface area contributed by atoms with Crippen molar-refractivity contribution in [3.05, 3.63) is 54.3 Å². The Labute approximate surface area is 147 Å². The Morgan fingerprint density at radius 3 is 2.58 bits per heavy atom. The van der Waals surface area contributed by atoms with Crippen molar-refractivity contribution in [1.29, 1.82) is 0 Å². The molecule has 1 aliphatic heterocycles. The van der Waals surface area contributed by atoms with Crippen molar-refractivity contribution in [3.63, 3.8) is 0 Å². The zero-order chi connectivity index (χ0) is 18.3. The lowest BCUT2D eigenvalue weighted by atomic mass is 10.1. The molecule has 26 heavy (non-hydrogen) atoms. The predicted octanol–water partition coefficient (Wildman–Crippen LogP) is 5.18. The van der Waals surface area contributed by atoms with Crippen LogP contribution in [-0.2, 0) is 0 Å². The van der Waals surface area contributed by atoms with Gasteiger partial charge < -0.3 is 15.4 Å². The number of anilines is 1. The molecule has 0 unspecified atom stereocenters. The van der Waals surface area contributed by atoms with Gasteiger partial charge in [0.1, 0.15) is 5.52 Å². The van der Waals surface area contributed by atoms with Crippen molar-refractivity contribution in [2.45, 2.75) is 18.8 Å². The molecule has 8 heteroatoms. The van der Waals surface area contributed by atoms with Gasteiger partial charge in [-0.15, -0.1) is 5.69 Å². The molecule has 0 bridgehead atoms. The number of benzene rings is 1. The molecular weight excluding hydrogens is 345 g/mol. The summed E-state index contributed by atoms with van der Waals surface area (Å²) in [7, 11) is 0. The number of ether oxygens (including phenoxy) is 1. The molecule has 136 valence electrons. The molecule has 0 saturated carbocycles. The van der Waals surface area contributed by atoms with Crippen molar-refractivity contribution in [3.8, 4) is 11.5 Å². The third-order valence-corrected chi connectivity index (χ3v) is 4.47. The van der Waals surface area contributed by atoms with E-state index in [2.05, 4.69) is 5.10 Å². The second-order valence-electron chi connectivity index (χ2n) is 6.31. The van der Waals surface area contributed by atoms with Crippen LogP contribution in [0.25, 0.3) is 11.3 Å². The van der Waals surface area contributed by atoms with Gasteiger partial charge in [0, 0.05) is 32.0 Å². The maximum absolute atomic E-state index is 14.0. The monoisotopic (exact) mass is 361 g/mol. The molecule has 0 spiro atoms. The van der Waals surface area contributed by atoms with E-state index >= 15 is 0 Å². The number of alkyl halides is 2. The van der Waals surface area contributed by atoms with Gasteiger partial charge in [0.2, 0.25) is 0 Å². The Morgan fingerprint density at radius 1 is 1.08 bits per heavy atom. The minimum absolute atomic E-state index is 0.00794. The second-order valence-corrected chi connectivity index (χ2v) is 6.31. The summed E-state index contributed by atoms with van der Waals surface area (Å²) in [6.45, 7) is 0.447. The molecule has 0 aliphatic carbocycles. The maximum Gasteiger partial charge on any atom is 0.251 e. The first-order valence-corrected chi connectivity index (χ1v) is 8.20. The number of pyridine rings is 1. The Morgan fingerprint density at radius 2 is 1.85 bits per heavy atom. The van der Waals surface area contributed by atoms with E-state index in [1.807, 2.05) is 4.90 Å². The highest BCUT2D eigenvalue weighted by Crippen LogP contribution is 2.35. The van der Waals surface area contributed by atoms with Crippen molar-refractivity contribution < 1.29 is 17.9 Å². The molecule has 2 aromatic heterocycles. The van der Waals surface area contributed by atoms with Gasteiger partial charge in [0.25, 0.3) is 5.92 Å². The van der Waals surface area contributed by atoms with Crippen LogP contribution in [0, 0.1) is 5.82 Å². The number of halogens is 3. The highest BCUT2D eigenvalue weighted by Gasteiger charge is 2.34. The van der Waals surface area contributed by atoms with Gasteiger partial charge in [-0.2, -0.15) is 5.10 Å². The summed E-state index contributed by atoms with van der Waals surface area (Å²) in [5, 5.41) is 4.18. The van der Waals surface area contributed by atoms with Crippen LogP contribution in [0.5, 0.6) is 11.5 Å². The zero-order valence-corrected chi connectivity index (χ0v) is 13.8. The van der Waals surface area contributed by atoms with Crippen molar-refractivity contribution >= 4 is 16.9 Å². The predicted molar refractivity (Wildman–Crippen MR) is 92.0 cm³/mol. The van der Waals surface area contributed by atoms with Crippen LogP contribution in [0.15, 0.2) is 42.7 Å². The van der Waals surface area contributed by atoms with Gasteiger partial charge in [-0.1, -0.05) is 6.07 Å². The molecule has 0 atom stereocenters. The number of rotatable bonds is 3. The Hall–Kier alpha value is -2.90. The van der Waals surface area contributed by atoms with Crippen molar-refractivity contribution in [2.75, 3.05) is 18.0 Å². The maximum atomic E-state index is 14.0. The van der Waals surface area contributed by atoms with Gasteiger partial charge in [-0.05, 0) is 18.2 Å². The molecule has 4 rings (SSSR count). The van der Waals surface area contributed by atoms with Crippen LogP contribution in [0.2, 0.25) is 0 Å². The summed E-state index contributed by atoms with van der Waals surface area (Å²) in [6, 6.07) is 7.31. The largest absolute Gasteiger partial charge is 0.699 e. The molecule has 1 N–H and O–H groups in total. The fourth-order valence-electron chi connectivity index (χ4n) is 3.03. The molecular formula is C18H16F3N4O-. The van der Waals surface area contributed by atoms with E-state index in [0.29, 0.717) is 17.0 Å². The minimum Gasteiger partial charge on any atom is -0.699 e. The molecule has 3 aromatic rings. The number of piperidine rings is 1. The van der Waals surface area contributed by atoms with Crippen LogP contribution in [0.1, 0.15) is 12.8 Å². The lowest BCUT2D eigenvalue weighted by molar-refractivity contribution is -0.0220. The fourth-order valence-corrected chi connectivity index (χ4v) is 3.03. The normalized spacial score (nSPS) is 16.8. The first kappa shape index (κ1) is 16.6. The van der Waals surface area contributed by atoms with E-state index in [4.69, 9.17) is 10.5 Å². The fraction of sp³-hybridized carbons (Fsp3) is 0.278. The summed E-state index contributed by atoms with van der Waals surface area (Å²) in [6.07, 6.45) is 2.91. The summed E-state index contributed by atoms with van der Waals surface area (Å²) < 4.78 is 48.2. The number of fused-ring (bicyclic) bond motifs is 1. The van der Waals surface area contributed by atoms with Crippen LogP contribution >= 0.6 is 0 Å². The molecule has 1 fully saturated rings. The molecule has 0 amide bonds. The Bertz CT molecular complexity index is 947. The molecule has 1 saturated heterocycles. The number of hydrogen-bond acceptors (Lipinski definition) is 3. The minimum atomic E-state index is -2.63. The number of nitrogens with one attached hydrogen (secondary N) is 1. The lowest BCUT2D eigenvalue weighted by Gasteiger charge is -2.33. The van der Waals surface area contributed by atoms with Gasteiger partial charge in [0.15, 0.2) is 17.3 Å². The second kappa shape index (κ2) is 6.12. The smallest absolute Gasteiger partial charge is 0.251 e. The number of hydrogen-bond donors (Lipinski definition) is 0. The van der Waals surface area contributed by atoms with E-state index in [1.165, 1.54) is 12.1 Å². The lowest BCUT2D eigenvalue weighted by Crippen LogP contribution is -2.39. The quantitative estimate of drug-likeness (QED) is 0.645. The van der Waals surface area contributed by atoms with E-state index in [1.54, 1.807) is 29.0 Å². The standard InChI is InChI=1S/C18H16F3N4O/c19-14-9-12(22)1-2-16(14)26-17-10-13(11-25-15(17)3-6-23-25)24-7-4-18(20,21)5-8-24/h1-3,6,9-11,22H,4-5,7-8H2/q-1. The summed E-state index contributed by atoms with van der Waals surface area (Å²) >= 11 is 0. The molecule has 1 aliphatic rings. The Balaban J connectivity index is 1.69. The molecule has 0 radical (unpaired) electrons. The average molecular weight is 361 g/mol. The molecule has 3 heterocycles. The third-order valence-electron chi connectivity index (χ3n) is 4.47. The van der Waals surface area contributed by atoms with Crippen LogP contribution in [0.4, 0.5) is 24.5 Å². The third kappa shape index (κ3) is 3.14. The molecule has 1 aromatic carbocycles. The first-order valence-electron chi connectivity index (χ1n) is 8.20. The van der Waals surface area contributed by atoms with Crippen LogP contribution in [-0.4, -0.2) is 28.6 Å². The number of aromatic nitrogens is 2. The average Bonchev–Trinajstić information content (AvgIpc) is 3.06. The van der Waals surface area contributed by atoms with Crippen LogP contribution < -0.4 is 9.64 Å². The molecule has 5 nitrogen and oxygen atoms in total. The van der Waals surface area contributed by atoms with Crippen LogP contribution in [0.3, 0.4) is 0 Å². The topological polar surface area (TPSA) is 53.6 Å². The zero-order valence-electron chi connectivity index (χ0n) is 13.8.